The van der Waals surface area contributed by atoms with Gasteiger partial charge < -0.3 is 15.2 Å². The summed E-state index contributed by atoms with van der Waals surface area (Å²) in [4.78, 5) is 3.22. The van der Waals surface area contributed by atoms with Crippen molar-refractivity contribution in [1.29, 1.82) is 0 Å². The summed E-state index contributed by atoms with van der Waals surface area (Å²) in [5.41, 5.74) is 6.31. The molecule has 6 unspecified atom stereocenters. The van der Waals surface area contributed by atoms with Gasteiger partial charge in [-0.1, -0.05) is 64.8 Å². The predicted octanol–water partition coefficient (Wildman–Crippen LogP) is 9.40. The van der Waals surface area contributed by atoms with Gasteiger partial charge in [-0.15, -0.1) is 0 Å². The molecule has 3 nitrogen and oxygen atoms in total. The molecule has 0 spiro atoms. The molecule has 7 rings (SSSR count). The Kier molecular flexibility index (Phi) is 5.34. The van der Waals surface area contributed by atoms with E-state index in [4.69, 9.17) is 0 Å². The van der Waals surface area contributed by atoms with Gasteiger partial charge >= 0.3 is 0 Å². The maximum absolute atomic E-state index is 14.8. The highest BCUT2D eigenvalue weighted by Gasteiger charge is 2.65. The molecule has 3 fully saturated rings. The number of phenols is 2. The van der Waals surface area contributed by atoms with Crippen LogP contribution in [0.3, 0.4) is 0 Å². The van der Waals surface area contributed by atoms with Gasteiger partial charge in [0.1, 0.15) is 5.82 Å². The summed E-state index contributed by atoms with van der Waals surface area (Å²) < 4.78 is 14.8. The third-order valence-electron chi connectivity index (χ3n) is 13.1. The van der Waals surface area contributed by atoms with Crippen LogP contribution in [-0.2, 0) is 5.41 Å². The molecule has 2 aromatic carbocycles. The highest BCUT2D eigenvalue weighted by Crippen LogP contribution is 2.74. The number of hydrogen-bond acceptors (Lipinski definition) is 2. The van der Waals surface area contributed by atoms with Crippen LogP contribution in [0.1, 0.15) is 108 Å². The van der Waals surface area contributed by atoms with Crippen LogP contribution in [-0.4, -0.2) is 15.2 Å². The smallest absolute Gasteiger partial charge is 0.160 e. The van der Waals surface area contributed by atoms with Crippen molar-refractivity contribution in [2.45, 2.75) is 97.8 Å². The van der Waals surface area contributed by atoms with E-state index < -0.39 is 0 Å². The molecule has 0 saturated heterocycles. The second-order valence-electron chi connectivity index (χ2n) is 15.0. The first kappa shape index (κ1) is 26.2. The lowest BCUT2D eigenvalue weighted by atomic mass is 9.35. The summed E-state index contributed by atoms with van der Waals surface area (Å²) in [7, 11) is 0. The molecular formula is C36H44FNO2. The fourth-order valence-corrected chi connectivity index (χ4v) is 10.4. The lowest BCUT2D eigenvalue weighted by Gasteiger charge is -2.69. The molecule has 0 aliphatic heterocycles. The van der Waals surface area contributed by atoms with Crippen LogP contribution in [0.25, 0.3) is 10.9 Å². The topological polar surface area (TPSA) is 56.2 Å². The van der Waals surface area contributed by atoms with E-state index >= 15 is 0 Å². The zero-order chi connectivity index (χ0) is 28.4. The molecule has 3 saturated carbocycles. The Balaban J connectivity index is 1.49. The van der Waals surface area contributed by atoms with E-state index in [1.165, 1.54) is 43.7 Å². The molecule has 1 aromatic heterocycles. The second kappa shape index (κ2) is 8.17. The SMILES string of the molecule is Cc1c(O)c(O)cc2c1C(c1c[nH]c3c(F)cccc13)C=C1C2(C)CC[C@@]2(C)C3CC(C)CCC3(C)CCC12C. The fourth-order valence-electron chi connectivity index (χ4n) is 10.4. The van der Waals surface area contributed by atoms with Crippen LogP contribution in [0.5, 0.6) is 11.5 Å². The van der Waals surface area contributed by atoms with E-state index in [0.29, 0.717) is 16.8 Å². The average Bonchev–Trinajstić information content (AvgIpc) is 3.35. The number of rotatable bonds is 1. The first-order valence-corrected chi connectivity index (χ1v) is 15.4. The largest absolute Gasteiger partial charge is 0.504 e. The first-order chi connectivity index (χ1) is 18.8. The quantitative estimate of drug-likeness (QED) is 0.212. The Hall–Kier alpha value is -2.75. The van der Waals surface area contributed by atoms with Crippen LogP contribution in [0.4, 0.5) is 4.39 Å². The van der Waals surface area contributed by atoms with Gasteiger partial charge in [-0.05, 0) is 108 Å². The molecule has 212 valence electrons. The van der Waals surface area contributed by atoms with Crippen LogP contribution < -0.4 is 0 Å². The number of aromatic nitrogens is 1. The number of phenolic OH excluding ortho intramolecular Hbond substituents is 2. The summed E-state index contributed by atoms with van der Waals surface area (Å²) in [6.45, 7) is 14.4. The number of H-pyrrole nitrogens is 1. The normalized spacial score (nSPS) is 38.7. The summed E-state index contributed by atoms with van der Waals surface area (Å²) in [5.74, 6) is 0.966. The van der Waals surface area contributed by atoms with Crippen LogP contribution in [0, 0.1) is 40.8 Å². The van der Waals surface area contributed by atoms with E-state index in [-0.39, 0.29) is 39.5 Å². The summed E-state index contributed by atoms with van der Waals surface area (Å²) in [6.07, 6.45) is 13.0. The van der Waals surface area contributed by atoms with Crippen molar-refractivity contribution in [2.24, 2.45) is 28.1 Å². The molecule has 1 heterocycles. The van der Waals surface area contributed by atoms with E-state index in [9.17, 15) is 14.6 Å². The molecule has 3 N–H and O–H groups in total. The van der Waals surface area contributed by atoms with Crippen molar-refractivity contribution in [1.82, 2.24) is 4.98 Å². The fraction of sp³-hybridized carbons (Fsp3) is 0.556. The van der Waals surface area contributed by atoms with Crippen molar-refractivity contribution in [2.75, 3.05) is 0 Å². The molecule has 0 bridgehead atoms. The number of nitrogens with one attached hydrogen (secondary N) is 1. The van der Waals surface area contributed by atoms with Crippen molar-refractivity contribution in [3.63, 3.8) is 0 Å². The van der Waals surface area contributed by atoms with E-state index in [0.717, 1.165) is 46.4 Å². The Bertz CT molecular complexity index is 1590. The first-order valence-electron chi connectivity index (χ1n) is 15.4. The van der Waals surface area contributed by atoms with Gasteiger partial charge in [0, 0.05) is 22.9 Å². The number of aromatic amines is 1. The van der Waals surface area contributed by atoms with Crippen molar-refractivity contribution in [3.8, 4) is 11.5 Å². The zero-order valence-corrected chi connectivity index (χ0v) is 24.9. The average molecular weight is 542 g/mol. The van der Waals surface area contributed by atoms with Crippen LogP contribution in [0.2, 0.25) is 0 Å². The van der Waals surface area contributed by atoms with Crippen molar-refractivity contribution >= 4 is 10.9 Å². The Morgan fingerprint density at radius 1 is 1.00 bits per heavy atom. The van der Waals surface area contributed by atoms with Gasteiger partial charge in [-0.3, -0.25) is 0 Å². The number of fused-ring (bicyclic) bond motifs is 8. The molecule has 4 aliphatic rings. The minimum absolute atomic E-state index is 0.00987. The lowest BCUT2D eigenvalue weighted by molar-refractivity contribution is -0.145. The number of para-hydroxylation sites is 1. The Morgan fingerprint density at radius 3 is 2.55 bits per heavy atom. The van der Waals surface area contributed by atoms with Crippen LogP contribution >= 0.6 is 0 Å². The lowest BCUT2D eigenvalue weighted by Crippen LogP contribution is -2.61. The highest BCUT2D eigenvalue weighted by atomic mass is 19.1. The molecule has 40 heavy (non-hydrogen) atoms. The zero-order valence-electron chi connectivity index (χ0n) is 24.9. The highest BCUT2D eigenvalue weighted by molar-refractivity contribution is 5.86. The third kappa shape index (κ3) is 3.11. The van der Waals surface area contributed by atoms with Crippen molar-refractivity contribution in [3.05, 3.63) is 70.2 Å². The molecule has 0 amide bonds. The van der Waals surface area contributed by atoms with Gasteiger partial charge in [-0.2, -0.15) is 0 Å². The maximum Gasteiger partial charge on any atom is 0.160 e. The molecule has 4 heteroatoms. The standard InChI is InChI=1S/C36H44FNO2/c1-20-10-11-33(3)12-14-36(6)29-17-23(24-19-38-31-22(24)8-7-9-26(31)37)30-21(2)32(40)27(39)18-25(30)34(29,4)13-15-35(36,5)28(33)16-20/h7-9,17-20,23,28,38-40H,10-16H2,1-6H3/t20?,23?,28?,33?,34?,35-,36?/m0/s1. The minimum Gasteiger partial charge on any atom is -0.504 e. The third-order valence-corrected chi connectivity index (χ3v) is 13.1. The Labute approximate surface area is 237 Å². The van der Waals surface area contributed by atoms with Gasteiger partial charge in [0.15, 0.2) is 11.5 Å². The minimum atomic E-state index is -0.252. The molecule has 7 atom stereocenters. The van der Waals surface area contributed by atoms with Gasteiger partial charge in [0.25, 0.3) is 0 Å². The van der Waals surface area contributed by atoms with Crippen LogP contribution in [0.15, 0.2) is 42.1 Å². The van der Waals surface area contributed by atoms with Crippen molar-refractivity contribution < 1.29 is 14.6 Å². The van der Waals surface area contributed by atoms with Gasteiger partial charge in [0.05, 0.1) is 5.52 Å². The van der Waals surface area contributed by atoms with E-state index in [1.807, 2.05) is 25.3 Å². The number of allylic oxidation sites excluding steroid dienone is 2. The summed E-state index contributed by atoms with van der Waals surface area (Å²) >= 11 is 0. The number of hydrogen-bond donors (Lipinski definition) is 3. The van der Waals surface area contributed by atoms with Gasteiger partial charge in [-0.25, -0.2) is 4.39 Å². The predicted molar refractivity (Wildman–Crippen MR) is 159 cm³/mol. The monoisotopic (exact) mass is 541 g/mol. The molecule has 4 aliphatic carbocycles. The van der Waals surface area contributed by atoms with Gasteiger partial charge in [0.2, 0.25) is 0 Å². The second-order valence-corrected chi connectivity index (χ2v) is 15.0. The number of halogens is 1. The number of aromatic hydroxyl groups is 2. The Morgan fingerprint density at radius 2 is 1.77 bits per heavy atom. The molecule has 3 aromatic rings. The summed E-state index contributed by atoms with van der Waals surface area (Å²) in [5, 5.41) is 22.7. The van der Waals surface area contributed by atoms with E-state index in [1.54, 1.807) is 6.07 Å². The maximum atomic E-state index is 14.8. The molecule has 0 radical (unpaired) electrons. The molecular weight excluding hydrogens is 497 g/mol. The van der Waals surface area contributed by atoms with E-state index in [2.05, 4.69) is 45.7 Å². The summed E-state index contributed by atoms with van der Waals surface area (Å²) in [6, 6.07) is 7.12. The number of benzene rings is 2.